The molecule has 0 fully saturated rings. The number of amides is 1. The van der Waals surface area contributed by atoms with Crippen molar-refractivity contribution in [2.75, 3.05) is 17.7 Å². The van der Waals surface area contributed by atoms with Gasteiger partial charge in [0.05, 0.1) is 12.2 Å². The zero-order valence-electron chi connectivity index (χ0n) is 16.0. The van der Waals surface area contributed by atoms with Gasteiger partial charge in [-0.1, -0.05) is 12.1 Å². The van der Waals surface area contributed by atoms with Crippen LogP contribution in [0.4, 0.5) is 17.6 Å². The van der Waals surface area contributed by atoms with Crippen molar-refractivity contribution in [2.45, 2.75) is 13.5 Å². The molecule has 0 unspecified atom stereocenters. The normalized spacial score (nSPS) is 10.7. The molecule has 0 aliphatic carbocycles. The molecule has 146 valence electrons. The first-order valence-electron chi connectivity index (χ1n) is 9.07. The Bertz CT molecular complexity index is 1170. The Kier molecular flexibility index (Phi) is 5.02. The van der Waals surface area contributed by atoms with E-state index in [0.29, 0.717) is 29.7 Å². The molecule has 3 N–H and O–H groups in total. The highest BCUT2D eigenvalue weighted by atomic mass is 16.1. The predicted molar refractivity (Wildman–Crippen MR) is 110 cm³/mol. The minimum Gasteiger partial charge on any atom is -0.355 e. The molecule has 0 spiro atoms. The lowest BCUT2D eigenvalue weighted by Crippen LogP contribution is -2.17. The maximum absolute atomic E-state index is 11.8. The van der Waals surface area contributed by atoms with E-state index in [1.165, 1.54) is 11.9 Å². The van der Waals surface area contributed by atoms with E-state index in [1.54, 1.807) is 25.2 Å². The summed E-state index contributed by atoms with van der Waals surface area (Å²) < 4.78 is 1.99. The fourth-order valence-electron chi connectivity index (χ4n) is 2.86. The van der Waals surface area contributed by atoms with E-state index >= 15 is 0 Å². The Labute approximate surface area is 167 Å². The van der Waals surface area contributed by atoms with Crippen molar-refractivity contribution < 1.29 is 4.79 Å². The second-order valence-corrected chi connectivity index (χ2v) is 6.48. The van der Waals surface area contributed by atoms with Crippen LogP contribution in [-0.4, -0.2) is 37.3 Å². The highest BCUT2D eigenvalue weighted by Crippen LogP contribution is 2.15. The molecule has 9 heteroatoms. The van der Waals surface area contributed by atoms with Gasteiger partial charge in [0, 0.05) is 30.7 Å². The van der Waals surface area contributed by atoms with Crippen LogP contribution < -0.4 is 16.0 Å². The highest BCUT2D eigenvalue weighted by Gasteiger charge is 2.07. The number of anilines is 3. The van der Waals surface area contributed by atoms with E-state index in [4.69, 9.17) is 0 Å². The molecular weight excluding hydrogens is 368 g/mol. The Balaban J connectivity index is 1.45. The molecule has 0 aliphatic rings. The molecule has 3 aromatic heterocycles. The molecule has 29 heavy (non-hydrogen) atoms. The summed E-state index contributed by atoms with van der Waals surface area (Å²) in [6.45, 7) is 2.53. The van der Waals surface area contributed by atoms with Crippen LogP contribution in [0.5, 0.6) is 0 Å². The number of nitrogens with zero attached hydrogens (tertiary/aromatic N) is 5. The van der Waals surface area contributed by atoms with Crippen LogP contribution in [0.1, 0.15) is 21.6 Å². The number of hydrogen-bond donors (Lipinski definition) is 3. The van der Waals surface area contributed by atoms with Crippen LogP contribution in [0.3, 0.4) is 0 Å². The van der Waals surface area contributed by atoms with Crippen molar-refractivity contribution in [3.05, 3.63) is 71.9 Å². The lowest BCUT2D eigenvalue weighted by Gasteiger charge is -2.08. The van der Waals surface area contributed by atoms with Crippen molar-refractivity contribution in [1.29, 1.82) is 0 Å². The van der Waals surface area contributed by atoms with Crippen LogP contribution >= 0.6 is 0 Å². The summed E-state index contributed by atoms with van der Waals surface area (Å²) in [7, 11) is 1.59. The third-order valence-electron chi connectivity index (χ3n) is 4.26. The molecule has 0 saturated carbocycles. The Morgan fingerprint density at radius 1 is 1.07 bits per heavy atom. The number of hydrogen-bond acceptors (Lipinski definition) is 7. The third kappa shape index (κ3) is 4.29. The average molecular weight is 388 g/mol. The fourth-order valence-corrected chi connectivity index (χ4v) is 2.86. The summed E-state index contributed by atoms with van der Waals surface area (Å²) in [6, 6.07) is 11.1. The molecule has 1 amide bonds. The van der Waals surface area contributed by atoms with Crippen LogP contribution in [0, 0.1) is 6.92 Å². The quantitative estimate of drug-likeness (QED) is 0.466. The lowest BCUT2D eigenvalue weighted by atomic mass is 10.2. The van der Waals surface area contributed by atoms with E-state index in [0.717, 1.165) is 11.3 Å². The molecule has 0 atom stereocenters. The molecule has 1 aromatic carbocycles. The molecule has 3 heterocycles. The predicted octanol–water partition coefficient (Wildman–Crippen LogP) is 2.54. The zero-order chi connectivity index (χ0) is 20.2. The van der Waals surface area contributed by atoms with Gasteiger partial charge in [-0.25, -0.2) is 15.0 Å². The monoisotopic (exact) mass is 388 g/mol. The molecule has 4 aromatic rings. The summed E-state index contributed by atoms with van der Waals surface area (Å²) in [5.41, 5.74) is 4.19. The first-order valence-corrected chi connectivity index (χ1v) is 9.07. The van der Waals surface area contributed by atoms with Gasteiger partial charge in [-0.2, -0.15) is 4.98 Å². The standard InChI is InChI=1S/C20H20N8O/c1-13-6-7-17-25-16(11-28(17)10-13)9-22-19-23-12-24-20(27-19)26-15-5-3-4-14(8-15)18(29)21-2/h3-8,10-12H,9H2,1-2H3,(H,21,29)(H2,22,23,24,26,27). The fraction of sp³-hybridized carbons (Fsp3) is 0.150. The van der Waals surface area contributed by atoms with E-state index in [-0.39, 0.29) is 5.91 Å². The third-order valence-corrected chi connectivity index (χ3v) is 4.26. The van der Waals surface area contributed by atoms with Gasteiger partial charge in [0.15, 0.2) is 0 Å². The van der Waals surface area contributed by atoms with Crippen molar-refractivity contribution in [2.24, 2.45) is 0 Å². The van der Waals surface area contributed by atoms with Crippen molar-refractivity contribution in [3.63, 3.8) is 0 Å². The largest absolute Gasteiger partial charge is 0.355 e. The van der Waals surface area contributed by atoms with Crippen LogP contribution in [0.25, 0.3) is 5.65 Å². The maximum atomic E-state index is 11.8. The minimum absolute atomic E-state index is 0.158. The number of fused-ring (bicyclic) bond motifs is 1. The van der Waals surface area contributed by atoms with Gasteiger partial charge in [-0.05, 0) is 36.8 Å². The first kappa shape index (κ1) is 18.4. The van der Waals surface area contributed by atoms with E-state index in [1.807, 2.05) is 41.9 Å². The number of pyridine rings is 1. The molecule has 4 rings (SSSR count). The Hall–Kier alpha value is -4.01. The molecule has 0 saturated heterocycles. The first-order chi connectivity index (χ1) is 14.1. The van der Waals surface area contributed by atoms with Crippen molar-refractivity contribution >= 4 is 29.1 Å². The minimum atomic E-state index is -0.158. The highest BCUT2D eigenvalue weighted by molar-refractivity contribution is 5.95. The van der Waals surface area contributed by atoms with Gasteiger partial charge in [-0.3, -0.25) is 4.79 Å². The number of aromatic nitrogens is 5. The van der Waals surface area contributed by atoms with Gasteiger partial charge < -0.3 is 20.4 Å². The van der Waals surface area contributed by atoms with Crippen molar-refractivity contribution in [1.82, 2.24) is 29.7 Å². The summed E-state index contributed by atoms with van der Waals surface area (Å²) >= 11 is 0. The van der Waals surface area contributed by atoms with Gasteiger partial charge in [0.1, 0.15) is 12.0 Å². The Morgan fingerprint density at radius 2 is 1.93 bits per heavy atom. The second kappa shape index (κ2) is 7.93. The molecule has 9 nitrogen and oxygen atoms in total. The van der Waals surface area contributed by atoms with Crippen LogP contribution in [0.15, 0.2) is 55.1 Å². The summed E-state index contributed by atoms with van der Waals surface area (Å²) in [4.78, 5) is 29.0. The van der Waals surface area contributed by atoms with Gasteiger partial charge in [0.25, 0.3) is 5.91 Å². The number of imidazole rings is 1. The van der Waals surface area contributed by atoms with Crippen molar-refractivity contribution in [3.8, 4) is 0 Å². The van der Waals surface area contributed by atoms with Gasteiger partial charge in [-0.15, -0.1) is 0 Å². The number of nitrogens with one attached hydrogen (secondary N) is 3. The van der Waals surface area contributed by atoms with E-state index < -0.39 is 0 Å². The topological polar surface area (TPSA) is 109 Å². The van der Waals surface area contributed by atoms with Gasteiger partial charge >= 0.3 is 0 Å². The molecule has 0 aliphatic heterocycles. The summed E-state index contributed by atoms with van der Waals surface area (Å²) in [5, 5.41) is 8.85. The summed E-state index contributed by atoms with van der Waals surface area (Å²) in [5.74, 6) is 0.648. The number of aryl methyl sites for hydroxylation is 1. The Morgan fingerprint density at radius 3 is 2.79 bits per heavy atom. The zero-order valence-corrected chi connectivity index (χ0v) is 16.0. The van der Waals surface area contributed by atoms with Crippen LogP contribution in [0.2, 0.25) is 0 Å². The molecule has 0 bridgehead atoms. The summed E-state index contributed by atoms with van der Waals surface area (Å²) in [6.07, 6.45) is 5.43. The molecular formula is C20H20N8O. The lowest BCUT2D eigenvalue weighted by molar-refractivity contribution is 0.0963. The number of rotatable bonds is 6. The van der Waals surface area contributed by atoms with Crippen LogP contribution in [-0.2, 0) is 6.54 Å². The molecule has 0 radical (unpaired) electrons. The smallest absolute Gasteiger partial charge is 0.251 e. The number of carbonyl (C=O) groups excluding carboxylic acids is 1. The SMILES string of the molecule is CNC(=O)c1cccc(Nc2ncnc(NCc3cn4cc(C)ccc4n3)n2)c1. The second-order valence-electron chi connectivity index (χ2n) is 6.48. The number of benzene rings is 1. The average Bonchev–Trinajstić information content (AvgIpc) is 3.14. The number of carbonyl (C=O) groups is 1. The maximum Gasteiger partial charge on any atom is 0.251 e. The van der Waals surface area contributed by atoms with E-state index in [9.17, 15) is 4.79 Å². The van der Waals surface area contributed by atoms with E-state index in [2.05, 4.69) is 35.9 Å². The van der Waals surface area contributed by atoms with Gasteiger partial charge in [0.2, 0.25) is 11.9 Å².